The predicted octanol–water partition coefficient (Wildman–Crippen LogP) is 0.872. The van der Waals surface area contributed by atoms with Crippen molar-refractivity contribution >= 4 is 23.6 Å². The first-order valence-corrected chi connectivity index (χ1v) is 8.33. The number of carbonyl (C=O) groups excluding carboxylic acids is 3. The minimum atomic E-state index is -0.714. The van der Waals surface area contributed by atoms with Crippen LogP contribution >= 0.6 is 0 Å². The lowest BCUT2D eigenvalue weighted by atomic mass is 10.2. The third-order valence-electron chi connectivity index (χ3n) is 4.15. The van der Waals surface area contributed by atoms with Crippen molar-refractivity contribution in [1.82, 2.24) is 10.2 Å². The summed E-state index contributed by atoms with van der Waals surface area (Å²) >= 11 is 0. The molecule has 1 unspecified atom stereocenters. The molecule has 134 valence electrons. The van der Waals surface area contributed by atoms with Gasteiger partial charge in [0.25, 0.3) is 0 Å². The van der Waals surface area contributed by atoms with Gasteiger partial charge in [-0.05, 0) is 30.5 Å². The smallest absolute Gasteiger partial charge is 0.410 e. The van der Waals surface area contributed by atoms with E-state index in [-0.39, 0.29) is 12.2 Å². The summed E-state index contributed by atoms with van der Waals surface area (Å²) in [6.45, 7) is 2.48. The Morgan fingerprint density at radius 2 is 1.96 bits per heavy atom. The molecule has 3 rings (SSSR count). The van der Waals surface area contributed by atoms with E-state index in [4.69, 9.17) is 9.47 Å². The van der Waals surface area contributed by atoms with Gasteiger partial charge in [0.15, 0.2) is 0 Å². The van der Waals surface area contributed by atoms with Crippen LogP contribution in [0.4, 0.5) is 10.5 Å². The van der Waals surface area contributed by atoms with Gasteiger partial charge in [0.2, 0.25) is 0 Å². The molecular formula is C17H21N3O5. The maximum atomic E-state index is 11.9. The van der Waals surface area contributed by atoms with Crippen molar-refractivity contribution in [3.63, 3.8) is 0 Å². The van der Waals surface area contributed by atoms with E-state index in [1.165, 1.54) is 0 Å². The molecular weight excluding hydrogens is 326 g/mol. The molecule has 0 aliphatic carbocycles. The molecule has 2 heterocycles. The number of nitrogens with one attached hydrogen (secondary N) is 2. The Kier molecular flexibility index (Phi) is 5.49. The lowest BCUT2D eigenvalue weighted by Gasteiger charge is -2.13. The fourth-order valence-electron chi connectivity index (χ4n) is 2.76. The molecule has 2 aliphatic rings. The van der Waals surface area contributed by atoms with Gasteiger partial charge in [0, 0.05) is 25.4 Å². The normalized spacial score (nSPS) is 19.6. The first kappa shape index (κ1) is 17.2. The molecule has 1 atom stereocenters. The van der Waals surface area contributed by atoms with Gasteiger partial charge in [-0.3, -0.25) is 9.59 Å². The van der Waals surface area contributed by atoms with Gasteiger partial charge in [-0.25, -0.2) is 4.79 Å². The molecule has 2 aliphatic heterocycles. The summed E-state index contributed by atoms with van der Waals surface area (Å²) in [6.07, 6.45) is 1.55. The van der Waals surface area contributed by atoms with Crippen LogP contribution in [0.3, 0.4) is 0 Å². The fourth-order valence-corrected chi connectivity index (χ4v) is 2.76. The molecule has 0 aromatic heterocycles. The summed E-state index contributed by atoms with van der Waals surface area (Å²) < 4.78 is 10.3. The van der Waals surface area contributed by atoms with Crippen LogP contribution in [-0.4, -0.2) is 55.2 Å². The molecule has 8 heteroatoms. The fraction of sp³-hybridized carbons (Fsp3) is 0.471. The van der Waals surface area contributed by atoms with E-state index >= 15 is 0 Å². The van der Waals surface area contributed by atoms with Crippen molar-refractivity contribution in [2.75, 3.05) is 31.6 Å². The second-order valence-corrected chi connectivity index (χ2v) is 6.03. The number of anilines is 1. The predicted molar refractivity (Wildman–Crippen MR) is 88.8 cm³/mol. The van der Waals surface area contributed by atoms with E-state index in [1.54, 1.807) is 29.2 Å². The van der Waals surface area contributed by atoms with Crippen molar-refractivity contribution in [2.24, 2.45) is 0 Å². The molecule has 2 saturated heterocycles. The number of carbonyl (C=O) groups is 3. The molecule has 0 radical (unpaired) electrons. The minimum Gasteiger partial charge on any atom is -0.448 e. The maximum absolute atomic E-state index is 11.9. The first-order valence-electron chi connectivity index (χ1n) is 8.33. The average Bonchev–Trinajstić information content (AvgIpc) is 3.26. The Morgan fingerprint density at radius 3 is 2.60 bits per heavy atom. The quantitative estimate of drug-likeness (QED) is 0.771. The second-order valence-electron chi connectivity index (χ2n) is 6.03. The highest BCUT2D eigenvalue weighted by molar-refractivity contribution is 6.39. The highest BCUT2D eigenvalue weighted by atomic mass is 16.6. The Balaban J connectivity index is 1.46. The number of cyclic esters (lactones) is 1. The summed E-state index contributed by atoms with van der Waals surface area (Å²) in [5.74, 6) is -1.40. The largest absolute Gasteiger partial charge is 0.448 e. The van der Waals surface area contributed by atoms with Gasteiger partial charge in [-0.1, -0.05) is 12.1 Å². The molecule has 1 aromatic rings. The van der Waals surface area contributed by atoms with E-state index in [9.17, 15) is 14.4 Å². The molecule has 0 bridgehead atoms. The number of rotatable bonds is 5. The summed E-state index contributed by atoms with van der Waals surface area (Å²) in [5, 5.41) is 5.12. The monoisotopic (exact) mass is 347 g/mol. The van der Waals surface area contributed by atoms with Crippen LogP contribution < -0.4 is 10.6 Å². The SMILES string of the molecule is O=C(NCC1CCCO1)C(=O)Nc1ccc(CN2CCOC2=O)cc1. The minimum absolute atomic E-state index is 0.00619. The Labute approximate surface area is 145 Å². The molecule has 0 spiro atoms. The number of amides is 3. The first-order chi connectivity index (χ1) is 12.1. The van der Waals surface area contributed by atoms with Crippen LogP contribution in [0.2, 0.25) is 0 Å². The Morgan fingerprint density at radius 1 is 1.16 bits per heavy atom. The molecule has 8 nitrogen and oxygen atoms in total. The van der Waals surface area contributed by atoms with Gasteiger partial charge >= 0.3 is 17.9 Å². The van der Waals surface area contributed by atoms with Crippen LogP contribution in [-0.2, 0) is 25.6 Å². The van der Waals surface area contributed by atoms with Crippen molar-refractivity contribution in [1.29, 1.82) is 0 Å². The lowest BCUT2D eigenvalue weighted by Crippen LogP contribution is -2.39. The molecule has 2 N–H and O–H groups in total. The van der Waals surface area contributed by atoms with Gasteiger partial charge in [-0.2, -0.15) is 0 Å². The highest BCUT2D eigenvalue weighted by Gasteiger charge is 2.22. The van der Waals surface area contributed by atoms with E-state index < -0.39 is 11.8 Å². The van der Waals surface area contributed by atoms with E-state index in [1.807, 2.05) is 0 Å². The number of ether oxygens (including phenoxy) is 2. The van der Waals surface area contributed by atoms with E-state index in [0.29, 0.717) is 38.5 Å². The summed E-state index contributed by atoms with van der Waals surface area (Å²) in [5.41, 5.74) is 1.43. The Bertz CT molecular complexity index is 640. The van der Waals surface area contributed by atoms with Gasteiger partial charge in [0.1, 0.15) is 6.61 Å². The van der Waals surface area contributed by atoms with Crippen LogP contribution in [0.1, 0.15) is 18.4 Å². The van der Waals surface area contributed by atoms with Crippen LogP contribution in [0.15, 0.2) is 24.3 Å². The third-order valence-corrected chi connectivity index (χ3v) is 4.15. The van der Waals surface area contributed by atoms with Crippen molar-refractivity contribution < 1.29 is 23.9 Å². The van der Waals surface area contributed by atoms with Crippen LogP contribution in [0, 0.1) is 0 Å². The number of nitrogens with zero attached hydrogens (tertiary/aromatic N) is 1. The lowest BCUT2D eigenvalue weighted by molar-refractivity contribution is -0.136. The Hall–Kier alpha value is -2.61. The van der Waals surface area contributed by atoms with Crippen molar-refractivity contribution in [3.05, 3.63) is 29.8 Å². The average molecular weight is 347 g/mol. The zero-order valence-corrected chi connectivity index (χ0v) is 13.8. The molecule has 3 amide bonds. The maximum Gasteiger partial charge on any atom is 0.410 e. The van der Waals surface area contributed by atoms with E-state index in [2.05, 4.69) is 10.6 Å². The number of benzene rings is 1. The zero-order valence-electron chi connectivity index (χ0n) is 13.8. The van der Waals surface area contributed by atoms with Gasteiger partial charge < -0.3 is 25.0 Å². The highest BCUT2D eigenvalue weighted by Crippen LogP contribution is 2.14. The topological polar surface area (TPSA) is 97.0 Å². The molecule has 0 saturated carbocycles. The standard InChI is InChI=1S/C17H21N3O5/c21-15(18-10-14-2-1-8-24-14)16(22)19-13-5-3-12(4-6-13)11-20-7-9-25-17(20)23/h3-6,14H,1-2,7-11H2,(H,18,21)(H,19,22). The molecule has 2 fully saturated rings. The number of hydrogen-bond donors (Lipinski definition) is 2. The van der Waals surface area contributed by atoms with Crippen molar-refractivity contribution in [3.8, 4) is 0 Å². The molecule has 25 heavy (non-hydrogen) atoms. The zero-order chi connectivity index (χ0) is 17.6. The molecule has 1 aromatic carbocycles. The van der Waals surface area contributed by atoms with Crippen LogP contribution in [0.5, 0.6) is 0 Å². The van der Waals surface area contributed by atoms with Crippen LogP contribution in [0.25, 0.3) is 0 Å². The number of hydrogen-bond acceptors (Lipinski definition) is 5. The summed E-state index contributed by atoms with van der Waals surface area (Å²) in [6, 6.07) is 6.99. The van der Waals surface area contributed by atoms with Gasteiger partial charge in [-0.15, -0.1) is 0 Å². The summed E-state index contributed by atoms with van der Waals surface area (Å²) in [4.78, 5) is 36.7. The van der Waals surface area contributed by atoms with Gasteiger partial charge in [0.05, 0.1) is 12.6 Å². The second kappa shape index (κ2) is 7.98. The van der Waals surface area contributed by atoms with E-state index in [0.717, 1.165) is 18.4 Å². The van der Waals surface area contributed by atoms with Crippen molar-refractivity contribution in [2.45, 2.75) is 25.5 Å². The third kappa shape index (κ3) is 4.69. The summed E-state index contributed by atoms with van der Waals surface area (Å²) in [7, 11) is 0.